The minimum Gasteiger partial charge on any atom is -0.480 e. The summed E-state index contributed by atoms with van der Waals surface area (Å²) in [5, 5.41) is 10.2. The van der Waals surface area contributed by atoms with Gasteiger partial charge in [0.25, 0.3) is 5.56 Å². The Labute approximate surface area is 111 Å². The monoisotopic (exact) mass is 284 g/mol. The Bertz CT molecular complexity index is 647. The van der Waals surface area contributed by atoms with Crippen LogP contribution in [0.25, 0.3) is 4.96 Å². The van der Waals surface area contributed by atoms with Crippen molar-refractivity contribution in [3.63, 3.8) is 0 Å². The van der Waals surface area contributed by atoms with Gasteiger partial charge in [-0.1, -0.05) is 0 Å². The van der Waals surface area contributed by atoms with Gasteiger partial charge in [-0.3, -0.25) is 14.0 Å². The highest BCUT2D eigenvalue weighted by atomic mass is 32.2. The normalized spacial score (nSPS) is 12.8. The number of carbonyl (C=O) groups is 1. The first-order valence-corrected chi connectivity index (χ1v) is 7.23. The zero-order chi connectivity index (χ0) is 13.3. The van der Waals surface area contributed by atoms with Crippen LogP contribution in [0.15, 0.2) is 16.2 Å². The average molecular weight is 284 g/mol. The molecule has 0 saturated carbocycles. The van der Waals surface area contributed by atoms with Gasteiger partial charge in [-0.15, -0.1) is 23.1 Å². The number of aryl methyl sites for hydroxylation is 1. The third-order valence-electron chi connectivity index (χ3n) is 2.46. The van der Waals surface area contributed by atoms with Gasteiger partial charge in [-0.2, -0.15) is 0 Å². The summed E-state index contributed by atoms with van der Waals surface area (Å²) in [6.07, 6.45) is 0. The largest absolute Gasteiger partial charge is 0.480 e. The highest BCUT2D eigenvalue weighted by Gasteiger charge is 2.13. The van der Waals surface area contributed by atoms with E-state index in [2.05, 4.69) is 4.98 Å². The van der Waals surface area contributed by atoms with Gasteiger partial charge in [-0.25, -0.2) is 4.98 Å². The average Bonchev–Trinajstić information content (AvgIpc) is 2.68. The van der Waals surface area contributed by atoms with Crippen LogP contribution >= 0.6 is 23.1 Å². The molecular weight excluding hydrogens is 272 g/mol. The number of nitrogens with zero attached hydrogens (tertiary/aromatic N) is 2. The molecule has 0 aliphatic heterocycles. The summed E-state index contributed by atoms with van der Waals surface area (Å²) in [6.45, 7) is 3.47. The van der Waals surface area contributed by atoms with E-state index < -0.39 is 11.2 Å². The smallest absolute Gasteiger partial charge is 0.316 e. The van der Waals surface area contributed by atoms with E-state index in [0.717, 1.165) is 5.69 Å². The molecular formula is C11H12N2O3S2. The number of thioether (sulfide) groups is 1. The van der Waals surface area contributed by atoms with Gasteiger partial charge in [0, 0.05) is 22.9 Å². The fourth-order valence-corrected chi connectivity index (χ4v) is 3.06. The second kappa shape index (κ2) is 5.11. The quantitative estimate of drug-likeness (QED) is 0.926. The molecule has 0 bridgehead atoms. The molecule has 1 atom stereocenters. The van der Waals surface area contributed by atoms with Crippen LogP contribution in [0.2, 0.25) is 0 Å². The second-order valence-electron chi connectivity index (χ2n) is 3.87. The Morgan fingerprint density at radius 2 is 2.39 bits per heavy atom. The van der Waals surface area contributed by atoms with Gasteiger partial charge in [-0.05, 0) is 13.8 Å². The molecule has 0 amide bonds. The predicted molar refractivity (Wildman–Crippen MR) is 72.5 cm³/mol. The summed E-state index contributed by atoms with van der Waals surface area (Å²) in [6, 6.07) is 1.47. The van der Waals surface area contributed by atoms with Crippen molar-refractivity contribution < 1.29 is 9.90 Å². The number of hydrogen-bond acceptors (Lipinski definition) is 5. The Kier molecular flexibility index (Phi) is 3.72. The number of aliphatic carboxylic acids is 1. The topological polar surface area (TPSA) is 71.7 Å². The summed E-state index contributed by atoms with van der Waals surface area (Å²) in [5.74, 6) is -0.430. The molecule has 7 heteroatoms. The first-order chi connectivity index (χ1) is 8.49. The molecule has 5 nitrogen and oxygen atoms in total. The molecule has 0 aliphatic carbocycles. The maximum absolute atomic E-state index is 11.9. The predicted octanol–water partition coefficient (Wildman–Crippen LogP) is 1.77. The van der Waals surface area contributed by atoms with Crippen LogP contribution in [0, 0.1) is 6.92 Å². The molecule has 1 N–H and O–H groups in total. The summed E-state index contributed by atoms with van der Waals surface area (Å²) in [4.78, 5) is 27.6. The maximum Gasteiger partial charge on any atom is 0.316 e. The van der Waals surface area contributed by atoms with Gasteiger partial charge in [0.15, 0.2) is 4.96 Å². The zero-order valence-electron chi connectivity index (χ0n) is 9.91. The van der Waals surface area contributed by atoms with Crippen LogP contribution in [0.3, 0.4) is 0 Å². The number of rotatable bonds is 4. The number of fused-ring (bicyclic) bond motifs is 1. The summed E-state index contributed by atoms with van der Waals surface area (Å²) in [7, 11) is 0. The number of hydrogen-bond donors (Lipinski definition) is 1. The Balaban J connectivity index is 2.25. The van der Waals surface area contributed by atoms with Crippen molar-refractivity contribution in [3.8, 4) is 0 Å². The lowest BCUT2D eigenvalue weighted by atomic mass is 10.4. The van der Waals surface area contributed by atoms with E-state index in [9.17, 15) is 9.59 Å². The SMILES string of the molecule is Cc1csc2nc(CS[C@@H](C)C(=O)O)cc(=O)n12. The van der Waals surface area contributed by atoms with Gasteiger partial charge in [0.2, 0.25) is 0 Å². The molecule has 0 unspecified atom stereocenters. The molecule has 0 aromatic carbocycles. The van der Waals surface area contributed by atoms with E-state index in [1.807, 2.05) is 12.3 Å². The fraction of sp³-hybridized carbons (Fsp3) is 0.364. The van der Waals surface area contributed by atoms with E-state index in [4.69, 9.17) is 5.11 Å². The Morgan fingerprint density at radius 3 is 3.06 bits per heavy atom. The van der Waals surface area contributed by atoms with E-state index >= 15 is 0 Å². The molecule has 0 saturated heterocycles. The van der Waals surface area contributed by atoms with Crippen molar-refractivity contribution in [3.05, 3.63) is 33.2 Å². The Morgan fingerprint density at radius 1 is 1.67 bits per heavy atom. The fourth-order valence-electron chi connectivity index (χ4n) is 1.46. The summed E-state index contributed by atoms with van der Waals surface area (Å²) >= 11 is 2.67. The second-order valence-corrected chi connectivity index (χ2v) is 6.04. The number of aromatic nitrogens is 2. The lowest BCUT2D eigenvalue weighted by Gasteiger charge is -2.05. The zero-order valence-corrected chi connectivity index (χ0v) is 11.5. The van der Waals surface area contributed by atoms with Gasteiger partial charge in [0.1, 0.15) is 0 Å². The van der Waals surface area contributed by atoms with Crippen molar-refractivity contribution in [2.24, 2.45) is 0 Å². The van der Waals surface area contributed by atoms with Crippen molar-refractivity contribution in [1.29, 1.82) is 0 Å². The minimum atomic E-state index is -0.857. The van der Waals surface area contributed by atoms with E-state index in [1.54, 1.807) is 11.3 Å². The molecule has 2 heterocycles. The summed E-state index contributed by atoms with van der Waals surface area (Å²) in [5.41, 5.74) is 1.38. The molecule has 2 aromatic rings. The number of carboxylic acids is 1. The molecule has 2 rings (SSSR count). The molecule has 0 aliphatic rings. The molecule has 2 aromatic heterocycles. The van der Waals surface area contributed by atoms with E-state index in [-0.39, 0.29) is 5.56 Å². The third-order valence-corrected chi connectivity index (χ3v) is 4.57. The van der Waals surface area contributed by atoms with Gasteiger partial charge in [0.05, 0.1) is 10.9 Å². The molecule has 96 valence electrons. The molecule has 0 spiro atoms. The summed E-state index contributed by atoms with van der Waals surface area (Å²) < 4.78 is 1.56. The van der Waals surface area contributed by atoms with Crippen molar-refractivity contribution in [2.45, 2.75) is 24.9 Å². The van der Waals surface area contributed by atoms with Gasteiger partial charge < -0.3 is 5.11 Å². The third kappa shape index (κ3) is 2.56. The van der Waals surface area contributed by atoms with Crippen LogP contribution < -0.4 is 5.56 Å². The molecule has 18 heavy (non-hydrogen) atoms. The minimum absolute atomic E-state index is 0.114. The lowest BCUT2D eigenvalue weighted by molar-refractivity contribution is -0.136. The first-order valence-electron chi connectivity index (χ1n) is 5.30. The first kappa shape index (κ1) is 13.1. The van der Waals surface area contributed by atoms with Crippen molar-refractivity contribution >= 4 is 34.0 Å². The van der Waals surface area contributed by atoms with Crippen molar-refractivity contribution in [1.82, 2.24) is 9.38 Å². The van der Waals surface area contributed by atoms with Crippen LogP contribution in [0.4, 0.5) is 0 Å². The highest BCUT2D eigenvalue weighted by molar-refractivity contribution is 7.99. The maximum atomic E-state index is 11.9. The Hall–Kier alpha value is -1.34. The lowest BCUT2D eigenvalue weighted by Crippen LogP contribution is -2.16. The molecule has 0 radical (unpaired) electrons. The van der Waals surface area contributed by atoms with Crippen LogP contribution in [0.1, 0.15) is 18.3 Å². The molecule has 0 fully saturated rings. The number of thiazole rings is 1. The standard InChI is InChI=1S/C11H12N2O3S2/c1-6-4-18-11-12-8(3-9(14)13(6)11)5-17-7(2)10(15)16/h3-4,7H,5H2,1-2H3,(H,15,16)/t7-/m0/s1. The van der Waals surface area contributed by atoms with E-state index in [0.29, 0.717) is 16.4 Å². The van der Waals surface area contributed by atoms with Crippen LogP contribution in [0.5, 0.6) is 0 Å². The van der Waals surface area contributed by atoms with Crippen molar-refractivity contribution in [2.75, 3.05) is 0 Å². The van der Waals surface area contributed by atoms with Crippen LogP contribution in [-0.2, 0) is 10.5 Å². The van der Waals surface area contributed by atoms with Gasteiger partial charge >= 0.3 is 5.97 Å². The number of carboxylic acid groups (broad SMARTS) is 1. The van der Waals surface area contributed by atoms with Crippen LogP contribution in [-0.4, -0.2) is 25.7 Å². The highest BCUT2D eigenvalue weighted by Crippen LogP contribution is 2.18. The van der Waals surface area contributed by atoms with E-state index in [1.165, 1.54) is 29.2 Å².